The lowest BCUT2D eigenvalue weighted by Crippen LogP contribution is -2.21. The molecule has 0 radical (unpaired) electrons. The Labute approximate surface area is 149 Å². The van der Waals surface area contributed by atoms with E-state index in [4.69, 9.17) is 20.8 Å². The molecule has 0 bridgehead atoms. The molecule has 2 aromatic heterocycles. The minimum absolute atomic E-state index is 0.128. The van der Waals surface area contributed by atoms with Crippen molar-refractivity contribution in [2.75, 3.05) is 0 Å². The molecule has 2 heterocycles. The van der Waals surface area contributed by atoms with Crippen LogP contribution in [0.5, 0.6) is 5.75 Å². The van der Waals surface area contributed by atoms with Crippen molar-refractivity contribution in [2.45, 2.75) is 20.1 Å². The lowest BCUT2D eigenvalue weighted by Gasteiger charge is -2.07. The second kappa shape index (κ2) is 7.55. The molecule has 4 nitrogen and oxygen atoms in total. The summed E-state index contributed by atoms with van der Waals surface area (Å²) in [5.41, 5.74) is 2.01. The van der Waals surface area contributed by atoms with Gasteiger partial charge in [0, 0.05) is 5.56 Å². The molecule has 0 unspecified atom stereocenters. The molecule has 1 amide bonds. The Hall–Kier alpha value is -2.24. The van der Waals surface area contributed by atoms with Gasteiger partial charge in [-0.1, -0.05) is 17.7 Å². The van der Waals surface area contributed by atoms with Crippen LogP contribution in [0.2, 0.25) is 5.02 Å². The van der Waals surface area contributed by atoms with Crippen molar-refractivity contribution in [1.82, 2.24) is 5.32 Å². The zero-order valence-electron chi connectivity index (χ0n) is 13.0. The summed E-state index contributed by atoms with van der Waals surface area (Å²) in [6.07, 6.45) is 1.58. The van der Waals surface area contributed by atoms with Gasteiger partial charge < -0.3 is 14.5 Å². The Morgan fingerprint density at radius 3 is 3.00 bits per heavy atom. The molecule has 1 N–H and O–H groups in total. The van der Waals surface area contributed by atoms with Gasteiger partial charge in [0.2, 0.25) is 0 Å². The second-order valence-electron chi connectivity index (χ2n) is 5.30. The van der Waals surface area contributed by atoms with Crippen molar-refractivity contribution in [1.29, 1.82) is 0 Å². The highest BCUT2D eigenvalue weighted by atomic mass is 35.5. The first-order valence-electron chi connectivity index (χ1n) is 7.39. The standard InChI is InChI=1S/C18H16ClNO3S/c1-12-4-5-15(19)16(7-12)23-10-13-8-17(24-11-13)18(21)20-9-14-3-2-6-22-14/h2-8,11H,9-10H2,1H3,(H,20,21). The number of hydrogen-bond donors (Lipinski definition) is 1. The summed E-state index contributed by atoms with van der Waals surface area (Å²) in [6, 6.07) is 11.1. The van der Waals surface area contributed by atoms with E-state index in [1.54, 1.807) is 12.3 Å². The van der Waals surface area contributed by atoms with Gasteiger partial charge >= 0.3 is 0 Å². The van der Waals surface area contributed by atoms with Gasteiger partial charge in [0.1, 0.15) is 18.1 Å². The van der Waals surface area contributed by atoms with Gasteiger partial charge in [0.15, 0.2) is 0 Å². The van der Waals surface area contributed by atoms with Crippen LogP contribution < -0.4 is 10.1 Å². The maximum atomic E-state index is 12.1. The molecule has 3 aromatic rings. The number of carbonyl (C=O) groups is 1. The molecule has 0 spiro atoms. The number of halogens is 1. The Morgan fingerprint density at radius 2 is 2.21 bits per heavy atom. The molecule has 6 heteroatoms. The molecular weight excluding hydrogens is 346 g/mol. The van der Waals surface area contributed by atoms with Crippen LogP contribution in [0.15, 0.2) is 52.5 Å². The number of amides is 1. The van der Waals surface area contributed by atoms with Crippen LogP contribution in [0, 0.1) is 6.92 Å². The number of rotatable bonds is 6. The zero-order valence-corrected chi connectivity index (χ0v) is 14.6. The van der Waals surface area contributed by atoms with Crippen LogP contribution in [0.25, 0.3) is 0 Å². The van der Waals surface area contributed by atoms with Gasteiger partial charge in [-0.2, -0.15) is 0 Å². The number of thiophene rings is 1. The molecule has 0 fully saturated rings. The van der Waals surface area contributed by atoms with Gasteiger partial charge in [0.25, 0.3) is 5.91 Å². The molecule has 0 aliphatic heterocycles. The number of hydrogen-bond acceptors (Lipinski definition) is 4. The molecular formula is C18H16ClNO3S. The topological polar surface area (TPSA) is 51.5 Å². The van der Waals surface area contributed by atoms with Gasteiger partial charge in [0.05, 0.1) is 22.7 Å². The van der Waals surface area contributed by atoms with E-state index >= 15 is 0 Å². The quantitative estimate of drug-likeness (QED) is 0.685. The third-order valence-corrected chi connectivity index (χ3v) is 4.65. The number of benzene rings is 1. The van der Waals surface area contributed by atoms with E-state index in [-0.39, 0.29) is 5.91 Å². The molecule has 0 atom stereocenters. The molecule has 0 saturated heterocycles. The first kappa shape index (κ1) is 16.6. The van der Waals surface area contributed by atoms with Crippen LogP contribution in [-0.2, 0) is 13.2 Å². The van der Waals surface area contributed by atoms with Crippen LogP contribution in [-0.4, -0.2) is 5.91 Å². The smallest absolute Gasteiger partial charge is 0.261 e. The fourth-order valence-electron chi connectivity index (χ4n) is 2.12. The van der Waals surface area contributed by atoms with E-state index in [9.17, 15) is 4.79 Å². The number of ether oxygens (including phenoxy) is 1. The lowest BCUT2D eigenvalue weighted by atomic mass is 10.2. The zero-order chi connectivity index (χ0) is 16.9. The third kappa shape index (κ3) is 4.19. The third-order valence-electron chi connectivity index (χ3n) is 3.36. The molecule has 24 heavy (non-hydrogen) atoms. The maximum Gasteiger partial charge on any atom is 0.261 e. The summed E-state index contributed by atoms with van der Waals surface area (Å²) in [5.74, 6) is 1.24. The van der Waals surface area contributed by atoms with Crippen LogP contribution in [0.4, 0.5) is 0 Å². The average Bonchev–Trinajstić information content (AvgIpc) is 3.25. The molecule has 0 aliphatic carbocycles. The van der Waals surface area contributed by atoms with Crippen molar-refractivity contribution < 1.29 is 13.9 Å². The minimum atomic E-state index is -0.128. The van der Waals surface area contributed by atoms with Crippen molar-refractivity contribution in [3.05, 3.63) is 74.8 Å². The SMILES string of the molecule is Cc1ccc(Cl)c(OCc2csc(C(=O)NCc3ccco3)c2)c1. The van der Waals surface area contributed by atoms with E-state index in [0.717, 1.165) is 16.9 Å². The summed E-state index contributed by atoms with van der Waals surface area (Å²) < 4.78 is 10.9. The van der Waals surface area contributed by atoms with Crippen LogP contribution >= 0.6 is 22.9 Å². The highest BCUT2D eigenvalue weighted by Gasteiger charge is 2.10. The maximum absolute atomic E-state index is 12.1. The van der Waals surface area contributed by atoms with E-state index in [1.165, 1.54) is 11.3 Å². The Kier molecular flexibility index (Phi) is 5.23. The summed E-state index contributed by atoms with van der Waals surface area (Å²) >= 11 is 7.49. The highest BCUT2D eigenvalue weighted by molar-refractivity contribution is 7.12. The van der Waals surface area contributed by atoms with Crippen LogP contribution in [0.3, 0.4) is 0 Å². The Balaban J connectivity index is 1.57. The van der Waals surface area contributed by atoms with E-state index in [1.807, 2.05) is 42.6 Å². The van der Waals surface area contributed by atoms with Gasteiger partial charge in [-0.3, -0.25) is 4.79 Å². The molecule has 3 rings (SSSR count). The summed E-state index contributed by atoms with van der Waals surface area (Å²) in [6.45, 7) is 2.72. The van der Waals surface area contributed by atoms with Gasteiger partial charge in [-0.05, 0) is 48.2 Å². The van der Waals surface area contributed by atoms with E-state index in [0.29, 0.717) is 28.8 Å². The number of carbonyl (C=O) groups excluding carboxylic acids is 1. The molecule has 0 aliphatic rings. The van der Waals surface area contributed by atoms with Gasteiger partial charge in [-0.15, -0.1) is 11.3 Å². The molecule has 0 saturated carbocycles. The van der Waals surface area contributed by atoms with Crippen molar-refractivity contribution in [3.63, 3.8) is 0 Å². The lowest BCUT2D eigenvalue weighted by molar-refractivity contribution is 0.0952. The Morgan fingerprint density at radius 1 is 1.33 bits per heavy atom. The largest absolute Gasteiger partial charge is 0.487 e. The number of furan rings is 1. The highest BCUT2D eigenvalue weighted by Crippen LogP contribution is 2.26. The number of nitrogens with one attached hydrogen (secondary N) is 1. The van der Waals surface area contributed by atoms with Crippen molar-refractivity contribution in [3.8, 4) is 5.75 Å². The van der Waals surface area contributed by atoms with E-state index < -0.39 is 0 Å². The first-order chi connectivity index (χ1) is 11.6. The first-order valence-corrected chi connectivity index (χ1v) is 8.64. The van der Waals surface area contributed by atoms with Crippen molar-refractivity contribution >= 4 is 28.8 Å². The summed E-state index contributed by atoms with van der Waals surface area (Å²) in [7, 11) is 0. The summed E-state index contributed by atoms with van der Waals surface area (Å²) in [5, 5.41) is 5.31. The summed E-state index contributed by atoms with van der Waals surface area (Å²) in [4.78, 5) is 12.8. The average molecular weight is 362 g/mol. The van der Waals surface area contributed by atoms with Gasteiger partial charge in [-0.25, -0.2) is 0 Å². The second-order valence-corrected chi connectivity index (χ2v) is 6.62. The van der Waals surface area contributed by atoms with Crippen molar-refractivity contribution in [2.24, 2.45) is 0 Å². The predicted octanol–water partition coefficient (Wildman–Crippen LogP) is 4.81. The number of aryl methyl sites for hydroxylation is 1. The monoisotopic (exact) mass is 361 g/mol. The minimum Gasteiger partial charge on any atom is -0.487 e. The van der Waals surface area contributed by atoms with E-state index in [2.05, 4.69) is 5.32 Å². The molecule has 124 valence electrons. The fraction of sp³-hybridized carbons (Fsp3) is 0.167. The Bertz CT molecular complexity index is 827. The normalized spacial score (nSPS) is 10.6. The van der Waals surface area contributed by atoms with Crippen LogP contribution in [0.1, 0.15) is 26.6 Å². The predicted molar refractivity (Wildman–Crippen MR) is 94.7 cm³/mol. The fourth-order valence-corrected chi connectivity index (χ4v) is 3.11. The molecule has 1 aromatic carbocycles.